The smallest absolute Gasteiger partial charge is 0.344 e. The summed E-state index contributed by atoms with van der Waals surface area (Å²) in [6.45, 7) is 6.71. The molecule has 0 spiro atoms. The number of ether oxygens (including phenoxy) is 2. The van der Waals surface area contributed by atoms with Gasteiger partial charge in [-0.05, 0) is 23.8 Å². The number of hydrogen-bond donors (Lipinski definition) is 0. The molecule has 0 atom stereocenters. The van der Waals surface area contributed by atoms with Crippen LogP contribution in [0.5, 0.6) is 5.75 Å². The minimum atomic E-state index is -0.317. The van der Waals surface area contributed by atoms with Crippen molar-refractivity contribution >= 4 is 11.0 Å². The van der Waals surface area contributed by atoms with Crippen LogP contribution in [0.1, 0.15) is 5.56 Å². The summed E-state index contributed by atoms with van der Waals surface area (Å²) in [5.41, 5.74) is 2.71. The molecule has 0 saturated carbocycles. The molecule has 1 fully saturated rings. The summed E-state index contributed by atoms with van der Waals surface area (Å²) in [5.74, 6) is 0.802. The molecule has 0 bridgehead atoms. The standard InChI is InChI=1S/C23H24N2O4/c26-23-19(17-4-2-1-3-5-17)14-18-6-7-21-20(22(18)29-23)15-25(16-28-21)9-8-24-10-12-27-13-11-24/h1-7,14H,8-13,15-16H2. The highest BCUT2D eigenvalue weighted by Crippen LogP contribution is 2.33. The quantitative estimate of drug-likeness (QED) is 0.637. The Morgan fingerprint density at radius 1 is 0.931 bits per heavy atom. The van der Waals surface area contributed by atoms with Crippen LogP contribution in [0.25, 0.3) is 22.1 Å². The molecule has 6 nitrogen and oxygen atoms in total. The van der Waals surface area contributed by atoms with Gasteiger partial charge in [0, 0.05) is 38.1 Å². The fourth-order valence-corrected chi connectivity index (χ4v) is 4.01. The zero-order valence-electron chi connectivity index (χ0n) is 16.3. The third-order valence-electron chi connectivity index (χ3n) is 5.67. The molecule has 0 aliphatic carbocycles. The first-order valence-corrected chi connectivity index (χ1v) is 10.1. The van der Waals surface area contributed by atoms with Gasteiger partial charge in [-0.15, -0.1) is 0 Å². The van der Waals surface area contributed by atoms with E-state index in [1.54, 1.807) is 0 Å². The molecule has 5 rings (SSSR count). The Morgan fingerprint density at radius 3 is 2.55 bits per heavy atom. The molecule has 2 aliphatic heterocycles. The van der Waals surface area contributed by atoms with E-state index in [-0.39, 0.29) is 5.63 Å². The summed E-state index contributed by atoms with van der Waals surface area (Å²) in [4.78, 5) is 17.4. The predicted octanol–water partition coefficient (Wildman–Crippen LogP) is 2.94. The van der Waals surface area contributed by atoms with Crippen molar-refractivity contribution in [3.05, 3.63) is 64.5 Å². The Bertz CT molecular complexity index is 1060. The molecule has 2 aromatic carbocycles. The van der Waals surface area contributed by atoms with Crippen LogP contribution in [0.4, 0.5) is 0 Å². The zero-order chi connectivity index (χ0) is 19.6. The number of morpholine rings is 1. The highest BCUT2D eigenvalue weighted by molar-refractivity contribution is 5.86. The van der Waals surface area contributed by atoms with Crippen molar-refractivity contribution in [2.24, 2.45) is 0 Å². The van der Waals surface area contributed by atoms with E-state index in [9.17, 15) is 4.79 Å². The fraction of sp³-hybridized carbons (Fsp3) is 0.348. The molecule has 0 N–H and O–H groups in total. The van der Waals surface area contributed by atoms with E-state index in [0.717, 1.165) is 61.7 Å². The number of benzene rings is 2. The monoisotopic (exact) mass is 392 g/mol. The second-order valence-electron chi connectivity index (χ2n) is 7.55. The van der Waals surface area contributed by atoms with E-state index >= 15 is 0 Å². The van der Waals surface area contributed by atoms with Gasteiger partial charge in [-0.3, -0.25) is 9.80 Å². The lowest BCUT2D eigenvalue weighted by Gasteiger charge is -2.32. The van der Waals surface area contributed by atoms with Crippen molar-refractivity contribution in [3.8, 4) is 16.9 Å². The van der Waals surface area contributed by atoms with Crippen molar-refractivity contribution in [2.75, 3.05) is 46.1 Å². The minimum absolute atomic E-state index is 0.317. The average molecular weight is 392 g/mol. The minimum Gasteiger partial charge on any atom is -0.478 e. The normalized spacial score (nSPS) is 17.8. The molecule has 29 heavy (non-hydrogen) atoms. The van der Waals surface area contributed by atoms with Gasteiger partial charge < -0.3 is 13.9 Å². The van der Waals surface area contributed by atoms with Gasteiger partial charge in [-0.1, -0.05) is 30.3 Å². The molecule has 1 aromatic heterocycles. The number of nitrogens with zero attached hydrogens (tertiary/aromatic N) is 2. The van der Waals surface area contributed by atoms with Crippen molar-refractivity contribution in [1.29, 1.82) is 0 Å². The zero-order valence-corrected chi connectivity index (χ0v) is 16.3. The van der Waals surface area contributed by atoms with Gasteiger partial charge in [0.1, 0.15) is 18.1 Å². The average Bonchev–Trinajstić information content (AvgIpc) is 2.78. The lowest BCUT2D eigenvalue weighted by molar-refractivity contribution is 0.0241. The molecule has 150 valence electrons. The van der Waals surface area contributed by atoms with Crippen molar-refractivity contribution < 1.29 is 13.9 Å². The van der Waals surface area contributed by atoms with Crippen LogP contribution < -0.4 is 10.4 Å². The topological polar surface area (TPSA) is 55.2 Å². The Balaban J connectivity index is 1.41. The molecule has 3 aromatic rings. The molecule has 1 saturated heterocycles. The second kappa shape index (κ2) is 7.99. The number of hydrogen-bond acceptors (Lipinski definition) is 6. The molecule has 0 radical (unpaired) electrons. The Kier molecular flexibility index (Phi) is 5.06. The molecule has 0 amide bonds. The van der Waals surface area contributed by atoms with Crippen LogP contribution in [0.15, 0.2) is 57.7 Å². The van der Waals surface area contributed by atoms with Gasteiger partial charge in [0.25, 0.3) is 0 Å². The number of rotatable bonds is 4. The summed E-state index contributed by atoms with van der Waals surface area (Å²) in [7, 11) is 0. The van der Waals surface area contributed by atoms with Gasteiger partial charge in [-0.25, -0.2) is 4.79 Å². The van der Waals surface area contributed by atoms with E-state index in [4.69, 9.17) is 13.9 Å². The van der Waals surface area contributed by atoms with E-state index < -0.39 is 0 Å². The van der Waals surface area contributed by atoms with Crippen LogP contribution >= 0.6 is 0 Å². The number of fused-ring (bicyclic) bond motifs is 3. The van der Waals surface area contributed by atoms with Crippen LogP contribution in [0.3, 0.4) is 0 Å². The SMILES string of the molecule is O=c1oc2c3c(ccc2cc1-c1ccccc1)OCN(CCN1CCOCC1)C3. The van der Waals surface area contributed by atoms with E-state index in [2.05, 4.69) is 9.80 Å². The highest BCUT2D eigenvalue weighted by atomic mass is 16.5. The van der Waals surface area contributed by atoms with Crippen LogP contribution in [-0.2, 0) is 11.3 Å². The molecule has 6 heteroatoms. The predicted molar refractivity (Wildman–Crippen MR) is 111 cm³/mol. The first-order chi connectivity index (χ1) is 14.3. The molecular weight excluding hydrogens is 368 g/mol. The fourth-order valence-electron chi connectivity index (χ4n) is 4.01. The summed E-state index contributed by atoms with van der Waals surface area (Å²) in [6.07, 6.45) is 0. The van der Waals surface area contributed by atoms with E-state index in [1.807, 2.05) is 48.5 Å². The molecule has 2 aliphatic rings. The Hall–Kier alpha value is -2.67. The Morgan fingerprint density at radius 2 is 1.72 bits per heavy atom. The van der Waals surface area contributed by atoms with Gasteiger partial charge in [0.05, 0.1) is 24.3 Å². The maximum atomic E-state index is 12.7. The van der Waals surface area contributed by atoms with Crippen LogP contribution in [-0.4, -0.2) is 55.9 Å². The van der Waals surface area contributed by atoms with Crippen molar-refractivity contribution in [3.63, 3.8) is 0 Å². The van der Waals surface area contributed by atoms with Gasteiger partial charge >= 0.3 is 5.63 Å². The molecule has 0 unspecified atom stereocenters. The third-order valence-corrected chi connectivity index (χ3v) is 5.67. The van der Waals surface area contributed by atoms with Gasteiger partial charge in [0.15, 0.2) is 0 Å². The summed E-state index contributed by atoms with van der Waals surface area (Å²) in [5, 5.41) is 0.917. The van der Waals surface area contributed by atoms with Crippen LogP contribution in [0.2, 0.25) is 0 Å². The summed E-state index contributed by atoms with van der Waals surface area (Å²) < 4.78 is 17.2. The van der Waals surface area contributed by atoms with Crippen LogP contribution in [0, 0.1) is 0 Å². The summed E-state index contributed by atoms with van der Waals surface area (Å²) >= 11 is 0. The van der Waals surface area contributed by atoms with Gasteiger partial charge in [0.2, 0.25) is 0 Å². The van der Waals surface area contributed by atoms with Crippen molar-refractivity contribution in [1.82, 2.24) is 9.80 Å². The van der Waals surface area contributed by atoms with E-state index in [1.165, 1.54) is 0 Å². The Labute approximate surface area is 169 Å². The second-order valence-corrected chi connectivity index (χ2v) is 7.55. The highest BCUT2D eigenvalue weighted by Gasteiger charge is 2.23. The lowest BCUT2D eigenvalue weighted by atomic mass is 10.0. The molecular formula is C23H24N2O4. The largest absolute Gasteiger partial charge is 0.478 e. The molecule has 3 heterocycles. The third kappa shape index (κ3) is 3.79. The lowest BCUT2D eigenvalue weighted by Crippen LogP contribution is -2.43. The maximum absolute atomic E-state index is 12.7. The van der Waals surface area contributed by atoms with E-state index in [0.29, 0.717) is 24.4 Å². The first-order valence-electron chi connectivity index (χ1n) is 10.1. The van der Waals surface area contributed by atoms with Crippen molar-refractivity contribution in [2.45, 2.75) is 6.54 Å². The first kappa shape index (κ1) is 18.4. The summed E-state index contributed by atoms with van der Waals surface area (Å²) in [6, 6.07) is 15.5. The van der Waals surface area contributed by atoms with Gasteiger partial charge in [-0.2, -0.15) is 0 Å². The maximum Gasteiger partial charge on any atom is 0.344 e.